The fraction of sp³-hybridized carbons (Fsp3) is 0.533. The first-order chi connectivity index (χ1) is 9.19. The number of quaternary nitrogens is 1. The van der Waals surface area contributed by atoms with Gasteiger partial charge in [0.05, 0.1) is 19.7 Å². The summed E-state index contributed by atoms with van der Waals surface area (Å²) >= 11 is 0. The van der Waals surface area contributed by atoms with Crippen molar-refractivity contribution in [3.63, 3.8) is 0 Å². The van der Waals surface area contributed by atoms with Gasteiger partial charge in [0, 0.05) is 5.56 Å². The van der Waals surface area contributed by atoms with Crippen LogP contribution < -0.4 is 4.90 Å². The van der Waals surface area contributed by atoms with Gasteiger partial charge in [0.2, 0.25) is 0 Å². The summed E-state index contributed by atoms with van der Waals surface area (Å²) in [5.41, 5.74) is 1.11. The van der Waals surface area contributed by atoms with Gasteiger partial charge in [-0.25, -0.2) is 4.39 Å². The quantitative estimate of drug-likeness (QED) is 0.830. The summed E-state index contributed by atoms with van der Waals surface area (Å²) in [6.07, 6.45) is 1.96. The smallest absolute Gasteiger partial charge is 0.314 e. The number of nitrogens with one attached hydrogen (secondary N) is 1. The topological polar surface area (TPSA) is 30.7 Å². The molecule has 2 rings (SSSR count). The molecule has 1 aliphatic heterocycles. The molecule has 1 aliphatic rings. The zero-order valence-electron chi connectivity index (χ0n) is 11.3. The van der Waals surface area contributed by atoms with Crippen LogP contribution in [0.4, 0.5) is 4.39 Å². The minimum Gasteiger partial charge on any atom is -0.466 e. The van der Waals surface area contributed by atoms with Gasteiger partial charge in [-0.15, -0.1) is 0 Å². The van der Waals surface area contributed by atoms with Gasteiger partial charge in [-0.2, -0.15) is 0 Å². The highest BCUT2D eigenvalue weighted by Gasteiger charge is 2.29. The van der Waals surface area contributed by atoms with Crippen LogP contribution in [0.25, 0.3) is 0 Å². The molecule has 0 radical (unpaired) electrons. The molecule has 0 aliphatic carbocycles. The van der Waals surface area contributed by atoms with E-state index >= 15 is 0 Å². The molecule has 1 aromatic carbocycles. The number of ether oxygens (including phenoxy) is 1. The van der Waals surface area contributed by atoms with Crippen molar-refractivity contribution in [2.45, 2.75) is 26.3 Å². The predicted molar refractivity (Wildman–Crippen MR) is 70.2 cm³/mol. The van der Waals surface area contributed by atoms with Crippen LogP contribution in [0.3, 0.4) is 0 Å². The summed E-state index contributed by atoms with van der Waals surface area (Å²) in [6.45, 7) is 5.01. The largest absolute Gasteiger partial charge is 0.466 e. The van der Waals surface area contributed by atoms with E-state index in [-0.39, 0.29) is 17.7 Å². The molecule has 0 bridgehead atoms. The number of hydrogen-bond donors (Lipinski definition) is 1. The minimum atomic E-state index is -0.207. The van der Waals surface area contributed by atoms with Crippen molar-refractivity contribution in [3.8, 4) is 0 Å². The third kappa shape index (κ3) is 4.03. The fourth-order valence-electron chi connectivity index (χ4n) is 2.66. The third-order valence-corrected chi connectivity index (χ3v) is 3.61. The molecule has 2 atom stereocenters. The second-order valence-electron chi connectivity index (χ2n) is 5.10. The Balaban J connectivity index is 1.90. The van der Waals surface area contributed by atoms with Gasteiger partial charge in [0.25, 0.3) is 0 Å². The average Bonchev–Trinajstić information content (AvgIpc) is 2.42. The van der Waals surface area contributed by atoms with Crippen molar-refractivity contribution >= 4 is 5.97 Å². The summed E-state index contributed by atoms with van der Waals surface area (Å²) < 4.78 is 17.9. The Hall–Kier alpha value is -1.42. The van der Waals surface area contributed by atoms with Crippen molar-refractivity contribution in [2.24, 2.45) is 5.92 Å². The van der Waals surface area contributed by atoms with Gasteiger partial charge < -0.3 is 9.64 Å². The molecule has 0 saturated carbocycles. The molecule has 0 aromatic heterocycles. The summed E-state index contributed by atoms with van der Waals surface area (Å²) in [5, 5.41) is 0. The van der Waals surface area contributed by atoms with Crippen molar-refractivity contribution in [2.75, 3.05) is 19.7 Å². The number of benzene rings is 1. The second-order valence-corrected chi connectivity index (χ2v) is 5.10. The SMILES string of the molecule is CCOC(=O)C1CCC[NH+](Cc2ccc(F)cc2)C1. The van der Waals surface area contributed by atoms with Crippen LogP contribution in [-0.2, 0) is 16.1 Å². The Labute approximate surface area is 113 Å². The molecule has 104 valence electrons. The van der Waals surface area contributed by atoms with Gasteiger partial charge >= 0.3 is 5.97 Å². The van der Waals surface area contributed by atoms with Crippen LogP contribution in [0.1, 0.15) is 25.3 Å². The maximum atomic E-state index is 12.8. The maximum absolute atomic E-state index is 12.8. The Morgan fingerprint density at radius 2 is 2.16 bits per heavy atom. The van der Waals surface area contributed by atoms with Crippen molar-refractivity contribution in [1.82, 2.24) is 0 Å². The van der Waals surface area contributed by atoms with E-state index in [1.807, 2.05) is 19.1 Å². The van der Waals surface area contributed by atoms with E-state index in [4.69, 9.17) is 4.74 Å². The van der Waals surface area contributed by atoms with E-state index in [1.165, 1.54) is 17.0 Å². The molecule has 0 amide bonds. The summed E-state index contributed by atoms with van der Waals surface area (Å²) in [7, 11) is 0. The lowest BCUT2D eigenvalue weighted by atomic mass is 9.98. The average molecular weight is 266 g/mol. The van der Waals surface area contributed by atoms with Crippen molar-refractivity contribution in [1.29, 1.82) is 0 Å². The van der Waals surface area contributed by atoms with Gasteiger partial charge in [0.15, 0.2) is 0 Å². The van der Waals surface area contributed by atoms with E-state index < -0.39 is 0 Å². The van der Waals surface area contributed by atoms with Gasteiger partial charge in [0.1, 0.15) is 18.3 Å². The normalized spacial score (nSPS) is 23.1. The molecule has 2 unspecified atom stereocenters. The van der Waals surface area contributed by atoms with E-state index in [0.29, 0.717) is 6.61 Å². The van der Waals surface area contributed by atoms with Crippen molar-refractivity contribution in [3.05, 3.63) is 35.6 Å². The molecule has 1 heterocycles. The molecule has 4 heteroatoms. The molecule has 1 fully saturated rings. The fourth-order valence-corrected chi connectivity index (χ4v) is 2.66. The van der Waals surface area contributed by atoms with Crippen LogP contribution in [0.15, 0.2) is 24.3 Å². The van der Waals surface area contributed by atoms with Crippen LogP contribution in [0.2, 0.25) is 0 Å². The summed E-state index contributed by atoms with van der Waals surface area (Å²) in [6, 6.07) is 6.61. The molecule has 0 spiro atoms. The lowest BCUT2D eigenvalue weighted by Gasteiger charge is -2.28. The Morgan fingerprint density at radius 1 is 1.42 bits per heavy atom. The van der Waals surface area contributed by atoms with Crippen LogP contribution in [-0.4, -0.2) is 25.7 Å². The van der Waals surface area contributed by atoms with Crippen LogP contribution in [0, 0.1) is 11.7 Å². The zero-order valence-corrected chi connectivity index (χ0v) is 11.3. The highest BCUT2D eigenvalue weighted by atomic mass is 19.1. The molecule has 3 nitrogen and oxygen atoms in total. The Morgan fingerprint density at radius 3 is 2.84 bits per heavy atom. The van der Waals surface area contributed by atoms with Gasteiger partial charge in [-0.3, -0.25) is 4.79 Å². The summed E-state index contributed by atoms with van der Waals surface area (Å²) in [5.74, 6) is -0.259. The monoisotopic (exact) mass is 266 g/mol. The number of esters is 1. The molecule has 19 heavy (non-hydrogen) atoms. The molecule has 1 saturated heterocycles. The number of piperidine rings is 1. The number of likely N-dealkylation sites (tertiary alicyclic amines) is 1. The predicted octanol–water partition coefficient (Wildman–Crippen LogP) is 1.18. The Bertz CT molecular complexity index is 419. The minimum absolute atomic E-state index is 0.0177. The second kappa shape index (κ2) is 6.66. The third-order valence-electron chi connectivity index (χ3n) is 3.61. The highest BCUT2D eigenvalue weighted by Crippen LogP contribution is 2.10. The lowest BCUT2D eigenvalue weighted by Crippen LogP contribution is -3.12. The van der Waals surface area contributed by atoms with Crippen LogP contribution >= 0.6 is 0 Å². The lowest BCUT2D eigenvalue weighted by molar-refractivity contribution is -0.921. The first-order valence-corrected chi connectivity index (χ1v) is 6.93. The molecule has 1 aromatic rings. The molecule has 1 N–H and O–H groups in total. The number of halogens is 1. The van der Waals surface area contributed by atoms with Crippen molar-refractivity contribution < 1.29 is 18.8 Å². The maximum Gasteiger partial charge on any atom is 0.314 e. The highest BCUT2D eigenvalue weighted by molar-refractivity contribution is 5.72. The number of carbonyl (C=O) groups excluding carboxylic acids is 1. The van der Waals surface area contributed by atoms with Gasteiger partial charge in [-0.05, 0) is 31.9 Å². The number of rotatable bonds is 4. The molecular weight excluding hydrogens is 245 g/mol. The Kier molecular flexibility index (Phi) is 4.91. The van der Waals surface area contributed by atoms with Gasteiger partial charge in [-0.1, -0.05) is 12.1 Å². The van der Waals surface area contributed by atoms with Crippen LogP contribution in [0.5, 0.6) is 0 Å². The first kappa shape index (κ1) is 14.0. The summed E-state index contributed by atoms with van der Waals surface area (Å²) in [4.78, 5) is 13.1. The standard InChI is InChI=1S/C15H20FNO2/c1-2-19-15(18)13-4-3-9-17(11-13)10-12-5-7-14(16)8-6-12/h5-8,13H,2-4,9-11H2,1H3/p+1. The van der Waals surface area contributed by atoms with E-state index in [9.17, 15) is 9.18 Å². The number of carbonyl (C=O) groups is 1. The van der Waals surface area contributed by atoms with E-state index in [1.54, 1.807) is 0 Å². The first-order valence-electron chi connectivity index (χ1n) is 6.93. The zero-order chi connectivity index (χ0) is 13.7. The van der Waals surface area contributed by atoms with E-state index in [2.05, 4.69) is 0 Å². The molecular formula is C15H21FNO2+. The van der Waals surface area contributed by atoms with E-state index in [0.717, 1.165) is 38.0 Å². The number of hydrogen-bond acceptors (Lipinski definition) is 2.